The van der Waals surface area contributed by atoms with E-state index in [1.807, 2.05) is 6.92 Å². The highest BCUT2D eigenvalue weighted by Crippen LogP contribution is 2.34. The van der Waals surface area contributed by atoms with Crippen molar-refractivity contribution in [2.75, 3.05) is 19.7 Å². The summed E-state index contributed by atoms with van der Waals surface area (Å²) in [6, 6.07) is 0.230. The van der Waals surface area contributed by atoms with Gasteiger partial charge in [0.2, 0.25) is 0 Å². The third-order valence-electron chi connectivity index (χ3n) is 4.02. The molecule has 2 fully saturated rings. The van der Waals surface area contributed by atoms with Gasteiger partial charge >= 0.3 is 5.97 Å². The highest BCUT2D eigenvalue weighted by atomic mass is 16.5. The molecule has 0 aromatic rings. The summed E-state index contributed by atoms with van der Waals surface area (Å²) in [5.41, 5.74) is 0.655. The van der Waals surface area contributed by atoms with Gasteiger partial charge in [0.05, 0.1) is 6.04 Å². The van der Waals surface area contributed by atoms with Crippen LogP contribution in [0.25, 0.3) is 0 Å². The van der Waals surface area contributed by atoms with E-state index in [0.29, 0.717) is 5.57 Å². The summed E-state index contributed by atoms with van der Waals surface area (Å²) in [5.74, 6) is 0.0455. The van der Waals surface area contributed by atoms with E-state index in [2.05, 4.69) is 4.90 Å². The smallest absolute Gasteiger partial charge is 0.333 e. The van der Waals surface area contributed by atoms with E-state index >= 15 is 0 Å². The van der Waals surface area contributed by atoms with Crippen LogP contribution >= 0.6 is 0 Å². The molecule has 0 bridgehead atoms. The first-order chi connectivity index (χ1) is 8.17. The number of carbonyl (C=O) groups is 1. The van der Waals surface area contributed by atoms with Crippen molar-refractivity contribution in [1.82, 2.24) is 4.90 Å². The number of carbonyl (C=O) groups excluding carboxylic acids is 1. The number of nitrogens with zero attached hydrogens (tertiary/aromatic N) is 1. The number of hydrogen-bond donors (Lipinski definition) is 1. The largest absolute Gasteiger partial charge is 0.457 e. The van der Waals surface area contributed by atoms with Crippen molar-refractivity contribution in [3.8, 4) is 0 Å². The Kier molecular flexibility index (Phi) is 3.84. The molecule has 2 saturated heterocycles. The maximum atomic E-state index is 11.7. The van der Waals surface area contributed by atoms with Crippen LogP contribution in [0.2, 0.25) is 0 Å². The molecule has 0 unspecified atom stereocenters. The van der Waals surface area contributed by atoms with E-state index < -0.39 is 0 Å². The van der Waals surface area contributed by atoms with Crippen LogP contribution in [0.4, 0.5) is 0 Å². The zero-order valence-electron chi connectivity index (χ0n) is 10.6. The molecule has 0 amide bonds. The summed E-state index contributed by atoms with van der Waals surface area (Å²) in [6.45, 7) is 5.80. The van der Waals surface area contributed by atoms with Crippen LogP contribution in [-0.4, -0.2) is 47.8 Å². The Hall–Kier alpha value is -0.870. The zero-order valence-corrected chi connectivity index (χ0v) is 10.6. The lowest BCUT2D eigenvalue weighted by atomic mass is 9.97. The molecule has 2 heterocycles. The highest BCUT2D eigenvalue weighted by molar-refractivity contribution is 5.87. The standard InChI is InChI=1S/C13H21NO3/c1-3-9(2)13(16)17-11-5-7-14-6-4-10(8-15)12(11)14/h3,10-12,15H,4-8H2,1-2H3/b9-3-/t10-,11+,12-/m1/s1. The minimum Gasteiger partial charge on any atom is -0.457 e. The third-order valence-corrected chi connectivity index (χ3v) is 4.02. The maximum absolute atomic E-state index is 11.7. The second-order valence-electron chi connectivity index (χ2n) is 4.96. The quantitative estimate of drug-likeness (QED) is 0.588. The Morgan fingerprint density at radius 1 is 1.47 bits per heavy atom. The fourth-order valence-electron chi connectivity index (χ4n) is 2.89. The van der Waals surface area contributed by atoms with Gasteiger partial charge in [-0.1, -0.05) is 6.08 Å². The van der Waals surface area contributed by atoms with Gasteiger partial charge in [0.25, 0.3) is 0 Å². The normalized spacial score (nSPS) is 33.8. The molecule has 96 valence electrons. The van der Waals surface area contributed by atoms with Crippen LogP contribution in [0, 0.1) is 5.92 Å². The molecule has 0 aliphatic carbocycles. The number of hydrogen-bond acceptors (Lipinski definition) is 4. The summed E-state index contributed by atoms with van der Waals surface area (Å²) in [6.07, 6.45) is 3.63. The Bertz CT molecular complexity index is 327. The van der Waals surface area contributed by atoms with E-state index in [4.69, 9.17) is 4.74 Å². The van der Waals surface area contributed by atoms with Gasteiger partial charge in [-0.15, -0.1) is 0 Å². The van der Waals surface area contributed by atoms with Gasteiger partial charge in [-0.3, -0.25) is 4.90 Å². The van der Waals surface area contributed by atoms with Crippen LogP contribution < -0.4 is 0 Å². The van der Waals surface area contributed by atoms with Crippen molar-refractivity contribution in [1.29, 1.82) is 0 Å². The van der Waals surface area contributed by atoms with Gasteiger partial charge in [0, 0.05) is 24.6 Å². The molecule has 3 atom stereocenters. The molecule has 2 rings (SSSR count). The maximum Gasteiger partial charge on any atom is 0.333 e. The van der Waals surface area contributed by atoms with Crippen LogP contribution in [0.1, 0.15) is 26.7 Å². The van der Waals surface area contributed by atoms with Gasteiger partial charge in [-0.2, -0.15) is 0 Å². The molecule has 4 heteroatoms. The number of fused-ring (bicyclic) bond motifs is 1. The van der Waals surface area contributed by atoms with Crippen molar-refractivity contribution < 1.29 is 14.6 Å². The average Bonchev–Trinajstić information content (AvgIpc) is 2.90. The zero-order chi connectivity index (χ0) is 12.4. The van der Waals surface area contributed by atoms with Crippen molar-refractivity contribution >= 4 is 5.97 Å². The summed E-state index contributed by atoms with van der Waals surface area (Å²) < 4.78 is 5.55. The second kappa shape index (κ2) is 5.19. The molecule has 0 radical (unpaired) electrons. The molecule has 17 heavy (non-hydrogen) atoms. The van der Waals surface area contributed by atoms with Crippen molar-refractivity contribution in [3.05, 3.63) is 11.6 Å². The van der Waals surface area contributed by atoms with Crippen LogP contribution in [-0.2, 0) is 9.53 Å². The van der Waals surface area contributed by atoms with Crippen LogP contribution in [0.3, 0.4) is 0 Å². The van der Waals surface area contributed by atoms with E-state index in [0.717, 1.165) is 25.9 Å². The van der Waals surface area contributed by atoms with Crippen molar-refractivity contribution in [3.63, 3.8) is 0 Å². The van der Waals surface area contributed by atoms with Gasteiger partial charge in [-0.25, -0.2) is 4.79 Å². The monoisotopic (exact) mass is 239 g/mol. The first-order valence-corrected chi connectivity index (χ1v) is 6.36. The predicted molar refractivity (Wildman–Crippen MR) is 64.5 cm³/mol. The SMILES string of the molecule is C/C=C(/C)C(=O)O[C@H]1CCN2CC[C@H](CO)[C@H]12. The van der Waals surface area contributed by atoms with E-state index in [-0.39, 0.29) is 30.6 Å². The van der Waals surface area contributed by atoms with Crippen molar-refractivity contribution in [2.45, 2.75) is 38.8 Å². The van der Waals surface area contributed by atoms with Crippen LogP contribution in [0.15, 0.2) is 11.6 Å². The number of esters is 1. The lowest BCUT2D eigenvalue weighted by Crippen LogP contribution is -2.38. The van der Waals surface area contributed by atoms with Gasteiger partial charge in [0.1, 0.15) is 6.10 Å². The third kappa shape index (κ3) is 2.38. The Labute approximate surface area is 102 Å². The average molecular weight is 239 g/mol. The van der Waals surface area contributed by atoms with E-state index in [1.165, 1.54) is 0 Å². The van der Waals surface area contributed by atoms with Gasteiger partial charge < -0.3 is 9.84 Å². The fraction of sp³-hybridized carbons (Fsp3) is 0.769. The highest BCUT2D eigenvalue weighted by Gasteiger charge is 2.45. The minimum atomic E-state index is -0.220. The van der Waals surface area contributed by atoms with E-state index in [9.17, 15) is 9.90 Å². The first-order valence-electron chi connectivity index (χ1n) is 6.36. The molecule has 4 nitrogen and oxygen atoms in total. The number of ether oxygens (including phenoxy) is 1. The summed E-state index contributed by atoms with van der Waals surface area (Å²) in [7, 11) is 0. The summed E-state index contributed by atoms with van der Waals surface area (Å²) >= 11 is 0. The first kappa shape index (κ1) is 12.6. The van der Waals surface area contributed by atoms with Gasteiger partial charge in [-0.05, 0) is 33.2 Å². The molecule has 0 spiro atoms. The summed E-state index contributed by atoms with van der Waals surface area (Å²) in [5, 5.41) is 9.34. The number of rotatable bonds is 3. The Morgan fingerprint density at radius 3 is 2.82 bits per heavy atom. The molecule has 1 N–H and O–H groups in total. The topological polar surface area (TPSA) is 49.8 Å². The van der Waals surface area contributed by atoms with Gasteiger partial charge in [0.15, 0.2) is 0 Å². The van der Waals surface area contributed by atoms with Crippen molar-refractivity contribution in [2.24, 2.45) is 5.92 Å². The Morgan fingerprint density at radius 2 is 2.18 bits per heavy atom. The molecule has 0 saturated carbocycles. The van der Waals surface area contributed by atoms with Crippen LogP contribution in [0.5, 0.6) is 0 Å². The molecule has 2 aliphatic heterocycles. The van der Waals surface area contributed by atoms with E-state index in [1.54, 1.807) is 13.0 Å². The minimum absolute atomic E-state index is 0.0444. The molecule has 0 aromatic heterocycles. The number of allylic oxidation sites excluding steroid dienone is 1. The molecule has 0 aromatic carbocycles. The number of aliphatic hydroxyl groups is 1. The predicted octanol–water partition coefficient (Wildman–Crippen LogP) is 0.951. The second-order valence-corrected chi connectivity index (χ2v) is 4.96. The molecular weight excluding hydrogens is 218 g/mol. The summed E-state index contributed by atoms with van der Waals surface area (Å²) in [4.78, 5) is 14.1. The lowest BCUT2D eigenvalue weighted by molar-refractivity contribution is -0.145. The number of aliphatic hydroxyl groups excluding tert-OH is 1. The molecule has 2 aliphatic rings. The lowest BCUT2D eigenvalue weighted by Gasteiger charge is -2.25. The fourth-order valence-corrected chi connectivity index (χ4v) is 2.89. The molecular formula is C13H21NO3. The Balaban J connectivity index is 2.00.